The molecule has 6 nitrogen and oxygen atoms in total. The molecule has 2 aromatic carbocycles. The number of amides is 1. The van der Waals surface area contributed by atoms with Crippen molar-refractivity contribution >= 4 is 17.9 Å². The van der Waals surface area contributed by atoms with Crippen molar-refractivity contribution in [3.05, 3.63) is 78.4 Å². The zero-order valence-corrected chi connectivity index (χ0v) is 15.0. The molecule has 0 aliphatic rings. The van der Waals surface area contributed by atoms with Crippen LogP contribution in [0.5, 0.6) is 5.75 Å². The molecule has 27 heavy (non-hydrogen) atoms. The number of aromatic amines is 1. The number of aromatic nitrogens is 3. The maximum atomic E-state index is 12.0. The van der Waals surface area contributed by atoms with E-state index in [4.69, 9.17) is 4.74 Å². The van der Waals surface area contributed by atoms with Crippen molar-refractivity contribution in [1.29, 1.82) is 0 Å². The van der Waals surface area contributed by atoms with E-state index in [9.17, 15) is 4.79 Å². The molecule has 0 aliphatic heterocycles. The number of rotatable bonds is 7. The molecule has 3 aromatic rings. The number of nitrogens with one attached hydrogen (secondary N) is 2. The standard InChI is InChI=1S/C21H20N4O2/c1-15(2)14-27-18-11-8-16(9-12-18)10-13-19(26)22-21-23-20(24-25-21)17-6-4-3-5-7-17/h3-13H,1,14H2,2H3,(H2,22,23,24,25,26)/b13-10+. The Morgan fingerprint density at radius 1 is 1.19 bits per heavy atom. The van der Waals surface area contributed by atoms with Crippen LogP contribution in [0.15, 0.2) is 72.8 Å². The maximum Gasteiger partial charge on any atom is 0.250 e. The predicted molar refractivity (Wildman–Crippen MR) is 106 cm³/mol. The zero-order valence-electron chi connectivity index (χ0n) is 15.0. The lowest BCUT2D eigenvalue weighted by atomic mass is 10.2. The van der Waals surface area contributed by atoms with Gasteiger partial charge in [0.25, 0.3) is 5.91 Å². The predicted octanol–water partition coefficient (Wildman–Crippen LogP) is 4.08. The molecule has 0 aliphatic carbocycles. The van der Waals surface area contributed by atoms with Gasteiger partial charge in [0.05, 0.1) is 0 Å². The van der Waals surface area contributed by atoms with Crippen LogP contribution in [0.1, 0.15) is 12.5 Å². The quantitative estimate of drug-likeness (QED) is 0.491. The van der Waals surface area contributed by atoms with E-state index in [1.54, 1.807) is 6.08 Å². The average Bonchev–Trinajstić information content (AvgIpc) is 3.14. The van der Waals surface area contributed by atoms with Crippen LogP contribution >= 0.6 is 0 Å². The molecule has 0 saturated heterocycles. The molecule has 0 atom stereocenters. The maximum absolute atomic E-state index is 12.0. The number of benzene rings is 2. The number of carbonyl (C=O) groups excluding carboxylic acids is 1. The molecule has 3 rings (SSSR count). The van der Waals surface area contributed by atoms with Crippen LogP contribution in [0.2, 0.25) is 0 Å². The van der Waals surface area contributed by atoms with E-state index in [0.29, 0.717) is 12.4 Å². The van der Waals surface area contributed by atoms with Gasteiger partial charge < -0.3 is 4.74 Å². The lowest BCUT2D eigenvalue weighted by Gasteiger charge is -2.05. The normalized spacial score (nSPS) is 10.7. The number of hydrogen-bond donors (Lipinski definition) is 2. The molecular formula is C21H20N4O2. The highest BCUT2D eigenvalue weighted by Gasteiger charge is 2.06. The Morgan fingerprint density at radius 2 is 1.93 bits per heavy atom. The molecule has 136 valence electrons. The molecule has 0 bridgehead atoms. The Morgan fingerprint density at radius 3 is 2.63 bits per heavy atom. The van der Waals surface area contributed by atoms with Gasteiger partial charge in [0, 0.05) is 11.6 Å². The van der Waals surface area contributed by atoms with Crippen LogP contribution in [0, 0.1) is 0 Å². The van der Waals surface area contributed by atoms with Crippen LogP contribution in [0.25, 0.3) is 17.5 Å². The first-order valence-corrected chi connectivity index (χ1v) is 8.44. The van der Waals surface area contributed by atoms with E-state index in [-0.39, 0.29) is 11.9 Å². The Balaban J connectivity index is 1.56. The summed E-state index contributed by atoms with van der Waals surface area (Å²) in [6, 6.07) is 17.0. The summed E-state index contributed by atoms with van der Waals surface area (Å²) in [6.45, 7) is 6.19. The second-order valence-electron chi connectivity index (χ2n) is 6.01. The van der Waals surface area contributed by atoms with E-state index in [0.717, 1.165) is 22.4 Å². The summed E-state index contributed by atoms with van der Waals surface area (Å²) >= 11 is 0. The van der Waals surface area contributed by atoms with Crippen LogP contribution in [-0.2, 0) is 4.79 Å². The van der Waals surface area contributed by atoms with Crippen LogP contribution in [0.4, 0.5) is 5.95 Å². The Hall–Kier alpha value is -3.67. The SMILES string of the molecule is C=C(C)COc1ccc(/C=C/C(=O)Nc2n[nH]c(-c3ccccc3)n2)cc1. The Kier molecular flexibility index (Phi) is 5.79. The Labute approximate surface area is 157 Å². The highest BCUT2D eigenvalue weighted by Crippen LogP contribution is 2.16. The molecule has 6 heteroatoms. The van der Waals surface area contributed by atoms with E-state index in [1.807, 2.05) is 61.5 Å². The molecule has 1 heterocycles. The van der Waals surface area contributed by atoms with Gasteiger partial charge in [-0.3, -0.25) is 15.2 Å². The largest absolute Gasteiger partial charge is 0.489 e. The minimum absolute atomic E-state index is 0.229. The van der Waals surface area contributed by atoms with Crippen molar-refractivity contribution in [2.45, 2.75) is 6.92 Å². The fourth-order valence-electron chi connectivity index (χ4n) is 2.25. The number of ether oxygens (including phenoxy) is 1. The number of hydrogen-bond acceptors (Lipinski definition) is 4. The minimum atomic E-state index is -0.309. The van der Waals surface area contributed by atoms with Gasteiger partial charge in [0.2, 0.25) is 5.95 Å². The molecule has 1 amide bonds. The lowest BCUT2D eigenvalue weighted by Crippen LogP contribution is -2.09. The molecule has 2 N–H and O–H groups in total. The molecule has 0 spiro atoms. The summed E-state index contributed by atoms with van der Waals surface area (Å²) in [6.07, 6.45) is 3.14. The van der Waals surface area contributed by atoms with E-state index in [2.05, 4.69) is 27.1 Å². The first-order chi connectivity index (χ1) is 13.1. The first-order valence-electron chi connectivity index (χ1n) is 8.44. The molecule has 0 radical (unpaired) electrons. The van der Waals surface area contributed by atoms with Crippen LogP contribution < -0.4 is 10.1 Å². The molecular weight excluding hydrogens is 340 g/mol. The van der Waals surface area contributed by atoms with E-state index < -0.39 is 0 Å². The molecule has 1 aromatic heterocycles. The van der Waals surface area contributed by atoms with E-state index >= 15 is 0 Å². The third kappa shape index (κ3) is 5.40. The van der Waals surface area contributed by atoms with Gasteiger partial charge in [-0.15, -0.1) is 5.10 Å². The molecule has 0 fully saturated rings. The monoisotopic (exact) mass is 360 g/mol. The number of H-pyrrole nitrogens is 1. The minimum Gasteiger partial charge on any atom is -0.489 e. The van der Waals surface area contributed by atoms with Gasteiger partial charge in [-0.1, -0.05) is 49.0 Å². The van der Waals surface area contributed by atoms with Gasteiger partial charge in [-0.25, -0.2) is 0 Å². The summed E-state index contributed by atoms with van der Waals surface area (Å²) < 4.78 is 5.54. The molecule has 0 unspecified atom stereocenters. The fourth-order valence-corrected chi connectivity index (χ4v) is 2.25. The van der Waals surface area contributed by atoms with Crippen molar-refractivity contribution in [2.75, 3.05) is 11.9 Å². The van der Waals surface area contributed by atoms with Gasteiger partial charge in [0.1, 0.15) is 12.4 Å². The van der Waals surface area contributed by atoms with Crippen LogP contribution in [0.3, 0.4) is 0 Å². The van der Waals surface area contributed by atoms with Crippen molar-refractivity contribution in [1.82, 2.24) is 15.2 Å². The third-order valence-corrected chi connectivity index (χ3v) is 3.56. The summed E-state index contributed by atoms with van der Waals surface area (Å²) in [4.78, 5) is 16.3. The summed E-state index contributed by atoms with van der Waals surface area (Å²) in [5.41, 5.74) is 2.74. The highest BCUT2D eigenvalue weighted by molar-refractivity contribution is 6.00. The van der Waals surface area contributed by atoms with E-state index in [1.165, 1.54) is 6.08 Å². The van der Waals surface area contributed by atoms with Gasteiger partial charge in [-0.05, 0) is 36.3 Å². The summed E-state index contributed by atoms with van der Waals surface area (Å²) in [5, 5.41) is 9.45. The number of carbonyl (C=O) groups is 1. The summed E-state index contributed by atoms with van der Waals surface area (Å²) in [5.74, 6) is 1.28. The Bertz CT molecular complexity index is 944. The topological polar surface area (TPSA) is 79.9 Å². The summed E-state index contributed by atoms with van der Waals surface area (Å²) in [7, 11) is 0. The average molecular weight is 360 g/mol. The first kappa shape index (κ1) is 18.1. The van der Waals surface area contributed by atoms with Gasteiger partial charge >= 0.3 is 0 Å². The second kappa shape index (κ2) is 8.62. The smallest absolute Gasteiger partial charge is 0.250 e. The zero-order chi connectivity index (χ0) is 19.1. The fraction of sp³-hybridized carbons (Fsp3) is 0.0952. The van der Waals surface area contributed by atoms with Crippen molar-refractivity contribution in [2.24, 2.45) is 0 Å². The number of anilines is 1. The van der Waals surface area contributed by atoms with Crippen molar-refractivity contribution < 1.29 is 9.53 Å². The second-order valence-corrected chi connectivity index (χ2v) is 6.01. The lowest BCUT2D eigenvalue weighted by molar-refractivity contribution is -0.111. The number of nitrogens with zero attached hydrogens (tertiary/aromatic N) is 2. The third-order valence-electron chi connectivity index (χ3n) is 3.56. The van der Waals surface area contributed by atoms with Gasteiger partial charge in [0.15, 0.2) is 5.82 Å². The van der Waals surface area contributed by atoms with Crippen LogP contribution in [-0.4, -0.2) is 27.7 Å². The van der Waals surface area contributed by atoms with Crippen molar-refractivity contribution in [3.8, 4) is 17.1 Å². The molecule has 0 saturated carbocycles. The van der Waals surface area contributed by atoms with Crippen molar-refractivity contribution in [3.63, 3.8) is 0 Å². The highest BCUT2D eigenvalue weighted by atomic mass is 16.5. The van der Waals surface area contributed by atoms with Gasteiger partial charge in [-0.2, -0.15) is 4.98 Å².